The zero-order valence-electron chi connectivity index (χ0n) is 9.98. The second-order valence-corrected chi connectivity index (χ2v) is 5.03. The van der Waals surface area contributed by atoms with Crippen LogP contribution < -0.4 is 10.9 Å². The second-order valence-electron chi connectivity index (χ2n) is 3.88. The topological polar surface area (TPSA) is 54.0 Å². The third kappa shape index (κ3) is 3.20. The van der Waals surface area contributed by atoms with Gasteiger partial charge in [-0.1, -0.05) is 12.2 Å². The molecule has 0 bridgehead atoms. The molecule has 0 saturated heterocycles. The molecule has 2 rings (SSSR count). The predicted molar refractivity (Wildman–Crippen MR) is 78.2 cm³/mol. The van der Waals surface area contributed by atoms with E-state index < -0.39 is 24.0 Å². The van der Waals surface area contributed by atoms with Gasteiger partial charge < -0.3 is 0 Å². The SMILES string of the molecule is O=C(Cc1c(F)cc2ncccc2c1F)NNC(=S)S. The Kier molecular flexibility index (Phi) is 4.46. The molecule has 20 heavy (non-hydrogen) atoms. The van der Waals surface area contributed by atoms with Gasteiger partial charge in [-0.2, -0.15) is 0 Å². The molecule has 0 aliphatic rings. The van der Waals surface area contributed by atoms with Crippen LogP contribution in [0.3, 0.4) is 0 Å². The minimum absolute atomic E-state index is 0.0435. The molecule has 0 unspecified atom stereocenters. The van der Waals surface area contributed by atoms with E-state index in [1.165, 1.54) is 18.3 Å². The monoisotopic (exact) mass is 313 g/mol. The average molecular weight is 313 g/mol. The maximum absolute atomic E-state index is 14.2. The van der Waals surface area contributed by atoms with Gasteiger partial charge in [0, 0.05) is 23.2 Å². The lowest BCUT2D eigenvalue weighted by Gasteiger charge is -2.09. The molecule has 2 aromatic rings. The van der Waals surface area contributed by atoms with E-state index in [9.17, 15) is 13.6 Å². The lowest BCUT2D eigenvalue weighted by Crippen LogP contribution is -2.39. The van der Waals surface area contributed by atoms with E-state index in [0.29, 0.717) is 0 Å². The minimum atomic E-state index is -0.822. The molecule has 0 aliphatic carbocycles. The average Bonchev–Trinajstić information content (AvgIpc) is 2.41. The number of nitrogens with one attached hydrogen (secondary N) is 2. The van der Waals surface area contributed by atoms with Gasteiger partial charge in [0.2, 0.25) is 5.91 Å². The molecule has 0 saturated carbocycles. The molecule has 0 aliphatic heterocycles. The van der Waals surface area contributed by atoms with Gasteiger partial charge in [0.05, 0.1) is 11.9 Å². The number of amides is 1. The molecule has 0 fully saturated rings. The van der Waals surface area contributed by atoms with Gasteiger partial charge in [-0.3, -0.25) is 20.6 Å². The Morgan fingerprint density at radius 2 is 2.15 bits per heavy atom. The van der Waals surface area contributed by atoms with Crippen LogP contribution in [0.25, 0.3) is 10.9 Å². The first-order valence-electron chi connectivity index (χ1n) is 5.48. The van der Waals surface area contributed by atoms with Crippen LogP contribution >= 0.6 is 24.8 Å². The zero-order valence-corrected chi connectivity index (χ0v) is 11.7. The number of carbonyl (C=O) groups is 1. The Morgan fingerprint density at radius 3 is 2.85 bits per heavy atom. The first kappa shape index (κ1) is 14.6. The summed E-state index contributed by atoms with van der Waals surface area (Å²) in [4.78, 5) is 15.4. The summed E-state index contributed by atoms with van der Waals surface area (Å²) in [6.45, 7) is 0. The van der Waals surface area contributed by atoms with E-state index in [1.807, 2.05) is 0 Å². The fraction of sp³-hybridized carbons (Fsp3) is 0.0833. The number of hydrogen-bond donors (Lipinski definition) is 3. The van der Waals surface area contributed by atoms with Crippen LogP contribution in [-0.4, -0.2) is 15.2 Å². The molecule has 0 radical (unpaired) electrons. The lowest BCUT2D eigenvalue weighted by molar-refractivity contribution is -0.121. The Bertz CT molecular complexity index is 694. The number of benzene rings is 1. The van der Waals surface area contributed by atoms with E-state index >= 15 is 0 Å². The van der Waals surface area contributed by atoms with Crippen LogP contribution in [0.1, 0.15) is 5.56 Å². The summed E-state index contributed by atoms with van der Waals surface area (Å²) in [5.41, 5.74) is 4.33. The van der Waals surface area contributed by atoms with E-state index in [-0.39, 0.29) is 20.8 Å². The summed E-state index contributed by atoms with van der Waals surface area (Å²) in [6, 6.07) is 4.10. The van der Waals surface area contributed by atoms with E-state index in [0.717, 1.165) is 6.07 Å². The van der Waals surface area contributed by atoms with Gasteiger partial charge in [0.1, 0.15) is 16.0 Å². The number of carbonyl (C=O) groups excluding carboxylic acids is 1. The molecule has 0 spiro atoms. The smallest absolute Gasteiger partial charge is 0.242 e. The van der Waals surface area contributed by atoms with Crippen LogP contribution in [0.5, 0.6) is 0 Å². The van der Waals surface area contributed by atoms with Crippen molar-refractivity contribution in [2.24, 2.45) is 0 Å². The molecule has 104 valence electrons. The summed E-state index contributed by atoms with van der Waals surface area (Å²) in [5, 5.41) is 0.161. The molecular formula is C12H9F2N3OS2. The first-order valence-corrected chi connectivity index (χ1v) is 6.34. The van der Waals surface area contributed by atoms with Gasteiger partial charge >= 0.3 is 0 Å². The number of halogens is 2. The fourth-order valence-electron chi connectivity index (χ4n) is 1.68. The summed E-state index contributed by atoms with van der Waals surface area (Å²) >= 11 is 8.31. The highest BCUT2D eigenvalue weighted by Crippen LogP contribution is 2.22. The molecule has 1 amide bonds. The van der Waals surface area contributed by atoms with Crippen LogP contribution in [0.15, 0.2) is 24.4 Å². The van der Waals surface area contributed by atoms with Gasteiger partial charge in [-0.05, 0) is 12.1 Å². The molecule has 1 heterocycles. The molecule has 1 aromatic carbocycles. The number of thiol groups is 1. The van der Waals surface area contributed by atoms with Crippen molar-refractivity contribution in [3.63, 3.8) is 0 Å². The van der Waals surface area contributed by atoms with Crippen molar-refractivity contribution in [2.75, 3.05) is 0 Å². The summed E-state index contributed by atoms with van der Waals surface area (Å²) in [5.74, 6) is -2.25. The van der Waals surface area contributed by atoms with Gasteiger partial charge in [-0.25, -0.2) is 8.78 Å². The number of hydrogen-bond acceptors (Lipinski definition) is 3. The summed E-state index contributed by atoms with van der Waals surface area (Å²) in [6.07, 6.45) is 0.969. The third-order valence-corrected chi connectivity index (χ3v) is 2.75. The minimum Gasteiger partial charge on any atom is -0.283 e. The molecule has 1 aromatic heterocycles. The second kappa shape index (κ2) is 6.10. The van der Waals surface area contributed by atoms with Gasteiger partial charge in [0.15, 0.2) is 0 Å². The first-order chi connectivity index (χ1) is 9.49. The quantitative estimate of drug-likeness (QED) is 0.450. The number of nitrogens with zero attached hydrogens (tertiary/aromatic N) is 1. The number of pyridine rings is 1. The van der Waals surface area contributed by atoms with Gasteiger partial charge in [-0.15, -0.1) is 12.6 Å². The van der Waals surface area contributed by atoms with Crippen LogP contribution in [0.2, 0.25) is 0 Å². The fourth-order valence-corrected chi connectivity index (χ4v) is 1.79. The van der Waals surface area contributed by atoms with Crippen molar-refractivity contribution in [1.82, 2.24) is 15.8 Å². The lowest BCUT2D eigenvalue weighted by atomic mass is 10.1. The maximum atomic E-state index is 14.2. The number of aromatic nitrogens is 1. The van der Waals surface area contributed by atoms with Crippen molar-refractivity contribution < 1.29 is 13.6 Å². The van der Waals surface area contributed by atoms with Crippen molar-refractivity contribution in [2.45, 2.75) is 6.42 Å². The Labute approximate surface area is 124 Å². The predicted octanol–water partition coefficient (Wildman–Crippen LogP) is 1.89. The van der Waals surface area contributed by atoms with Crippen molar-refractivity contribution in [3.05, 3.63) is 41.6 Å². The van der Waals surface area contributed by atoms with Crippen LogP contribution in [0.4, 0.5) is 8.78 Å². The summed E-state index contributed by atoms with van der Waals surface area (Å²) < 4.78 is 28.0. The Morgan fingerprint density at radius 1 is 1.40 bits per heavy atom. The number of fused-ring (bicyclic) bond motifs is 1. The molecule has 4 nitrogen and oxygen atoms in total. The van der Waals surface area contributed by atoms with E-state index in [4.69, 9.17) is 0 Å². The molecule has 2 N–H and O–H groups in total. The standard InChI is InChI=1S/C12H9F2N3OS2/c13-8-5-9-6(2-1-3-15-9)11(14)7(8)4-10(18)16-17-12(19)20/h1-3,5H,4H2,(H,16,18)(H2,17,19,20). The number of rotatable bonds is 2. The Hall–Kier alpha value is -1.80. The highest BCUT2D eigenvalue weighted by atomic mass is 32.1. The van der Waals surface area contributed by atoms with Crippen LogP contribution in [-0.2, 0) is 11.2 Å². The van der Waals surface area contributed by atoms with E-state index in [1.54, 1.807) is 0 Å². The molecule has 0 atom stereocenters. The zero-order chi connectivity index (χ0) is 14.7. The Balaban J connectivity index is 2.30. The molecular weight excluding hydrogens is 304 g/mol. The van der Waals surface area contributed by atoms with Crippen molar-refractivity contribution in [1.29, 1.82) is 0 Å². The normalized spacial score (nSPS) is 10.3. The largest absolute Gasteiger partial charge is 0.283 e. The highest BCUT2D eigenvalue weighted by molar-refractivity contribution is 8.11. The highest BCUT2D eigenvalue weighted by Gasteiger charge is 2.17. The summed E-state index contributed by atoms with van der Waals surface area (Å²) in [7, 11) is 0. The third-order valence-electron chi connectivity index (χ3n) is 2.54. The van der Waals surface area contributed by atoms with Crippen molar-refractivity contribution in [3.8, 4) is 0 Å². The van der Waals surface area contributed by atoms with E-state index in [2.05, 4.69) is 40.7 Å². The number of hydrazine groups is 1. The van der Waals surface area contributed by atoms with Crippen LogP contribution in [0, 0.1) is 11.6 Å². The maximum Gasteiger partial charge on any atom is 0.242 e. The van der Waals surface area contributed by atoms with Crippen molar-refractivity contribution >= 4 is 46.0 Å². The molecule has 8 heteroatoms. The van der Waals surface area contributed by atoms with Gasteiger partial charge in [0.25, 0.3) is 0 Å². The number of thiocarbonyl (C=S) groups is 1.